The minimum Gasteiger partial charge on any atom is -0.489 e. The van der Waals surface area contributed by atoms with Gasteiger partial charge in [0.2, 0.25) is 17.5 Å². The van der Waals surface area contributed by atoms with Crippen LogP contribution in [0.4, 0.5) is 5.88 Å². The van der Waals surface area contributed by atoms with Gasteiger partial charge in [0.15, 0.2) is 0 Å². The number of ether oxygens (including phenoxy) is 1. The maximum Gasteiger partial charge on any atom is 0.235 e. The van der Waals surface area contributed by atoms with E-state index in [4.69, 9.17) is 9.15 Å². The number of hydrogen-bond donors (Lipinski definition) is 0. The zero-order valence-electron chi connectivity index (χ0n) is 15.8. The third-order valence-corrected chi connectivity index (χ3v) is 4.86. The summed E-state index contributed by atoms with van der Waals surface area (Å²) < 4.78 is 11.8. The summed E-state index contributed by atoms with van der Waals surface area (Å²) in [5, 5.41) is 9.45. The molecule has 3 aromatic rings. The summed E-state index contributed by atoms with van der Waals surface area (Å²) in [7, 11) is 2.09. The van der Waals surface area contributed by atoms with Crippen LogP contribution in [-0.2, 0) is 6.61 Å². The summed E-state index contributed by atoms with van der Waals surface area (Å²) in [6.07, 6.45) is 0. The molecular weight excluding hydrogens is 352 g/mol. The van der Waals surface area contributed by atoms with Crippen molar-refractivity contribution in [3.8, 4) is 23.3 Å². The van der Waals surface area contributed by atoms with E-state index in [1.807, 2.05) is 54.6 Å². The molecule has 1 aromatic heterocycles. The SMILES string of the molecule is CN1CCN(c2oc(-c3ccc(OCc4ccccc4)cc3)nc2C#N)CC1. The third kappa shape index (κ3) is 4.00. The fraction of sp³-hybridized carbons (Fsp3) is 0.273. The lowest BCUT2D eigenvalue weighted by molar-refractivity contribution is 0.306. The maximum absolute atomic E-state index is 9.45. The molecule has 1 aliphatic rings. The number of nitriles is 1. The van der Waals surface area contributed by atoms with E-state index >= 15 is 0 Å². The molecule has 28 heavy (non-hydrogen) atoms. The molecule has 1 aliphatic heterocycles. The second-order valence-electron chi connectivity index (χ2n) is 6.87. The summed E-state index contributed by atoms with van der Waals surface area (Å²) in [6.45, 7) is 4.05. The van der Waals surface area contributed by atoms with Crippen molar-refractivity contribution in [3.63, 3.8) is 0 Å². The van der Waals surface area contributed by atoms with Crippen molar-refractivity contribution >= 4 is 5.88 Å². The summed E-state index contributed by atoms with van der Waals surface area (Å²) in [5.41, 5.74) is 2.28. The number of likely N-dealkylation sites (N-methyl/N-ethyl adjacent to an activating group) is 1. The molecular formula is C22H22N4O2. The zero-order chi connectivity index (χ0) is 19.3. The van der Waals surface area contributed by atoms with Crippen LogP contribution in [0.2, 0.25) is 0 Å². The number of hydrogen-bond acceptors (Lipinski definition) is 6. The lowest BCUT2D eigenvalue weighted by Crippen LogP contribution is -2.44. The Balaban J connectivity index is 1.47. The van der Waals surface area contributed by atoms with Crippen molar-refractivity contribution in [2.45, 2.75) is 6.61 Å². The average Bonchev–Trinajstić information content (AvgIpc) is 3.18. The van der Waals surface area contributed by atoms with E-state index in [0.29, 0.717) is 24.1 Å². The topological polar surface area (TPSA) is 65.5 Å². The predicted molar refractivity (Wildman–Crippen MR) is 107 cm³/mol. The molecule has 2 heterocycles. The Morgan fingerprint density at radius 3 is 2.43 bits per heavy atom. The van der Waals surface area contributed by atoms with E-state index in [2.05, 4.69) is 27.9 Å². The molecule has 2 aromatic carbocycles. The van der Waals surface area contributed by atoms with Gasteiger partial charge in [0, 0.05) is 31.7 Å². The number of nitrogens with zero attached hydrogens (tertiary/aromatic N) is 4. The second kappa shape index (κ2) is 8.15. The first-order chi connectivity index (χ1) is 13.7. The Morgan fingerprint density at radius 1 is 1.04 bits per heavy atom. The second-order valence-corrected chi connectivity index (χ2v) is 6.87. The Labute approximate surface area is 164 Å². The number of oxazole rings is 1. The van der Waals surface area contributed by atoms with Crippen LogP contribution in [0.25, 0.3) is 11.5 Å². The summed E-state index contributed by atoms with van der Waals surface area (Å²) in [5.74, 6) is 1.80. The van der Waals surface area contributed by atoms with E-state index in [1.165, 1.54) is 0 Å². The van der Waals surface area contributed by atoms with Crippen LogP contribution in [0.5, 0.6) is 5.75 Å². The Bertz CT molecular complexity index is 952. The molecule has 0 saturated carbocycles. The fourth-order valence-corrected chi connectivity index (χ4v) is 3.17. The maximum atomic E-state index is 9.45. The van der Waals surface area contributed by atoms with Gasteiger partial charge in [-0.15, -0.1) is 0 Å². The molecule has 1 fully saturated rings. The van der Waals surface area contributed by atoms with Crippen molar-refractivity contribution in [2.24, 2.45) is 0 Å². The molecule has 4 rings (SSSR count). The minimum absolute atomic E-state index is 0.337. The van der Waals surface area contributed by atoms with Gasteiger partial charge in [0.1, 0.15) is 18.4 Å². The quantitative estimate of drug-likeness (QED) is 0.681. The van der Waals surface area contributed by atoms with Gasteiger partial charge in [0.05, 0.1) is 0 Å². The standard InChI is InChI=1S/C22H22N4O2/c1-25-11-13-26(14-12-25)22-20(15-23)24-21(28-22)18-7-9-19(10-8-18)27-16-17-5-3-2-4-6-17/h2-10H,11-14,16H2,1H3. The van der Waals surface area contributed by atoms with Crippen LogP contribution in [0.1, 0.15) is 11.3 Å². The lowest BCUT2D eigenvalue weighted by Gasteiger charge is -2.31. The van der Waals surface area contributed by atoms with Crippen LogP contribution in [0.15, 0.2) is 59.0 Å². The van der Waals surface area contributed by atoms with Gasteiger partial charge < -0.3 is 19.0 Å². The van der Waals surface area contributed by atoms with Crippen LogP contribution < -0.4 is 9.64 Å². The number of rotatable bonds is 5. The average molecular weight is 374 g/mol. The van der Waals surface area contributed by atoms with E-state index in [9.17, 15) is 5.26 Å². The van der Waals surface area contributed by atoms with Gasteiger partial charge in [0.25, 0.3) is 0 Å². The highest BCUT2D eigenvalue weighted by atomic mass is 16.5. The van der Waals surface area contributed by atoms with Crippen molar-refractivity contribution in [2.75, 3.05) is 38.1 Å². The van der Waals surface area contributed by atoms with E-state index < -0.39 is 0 Å². The van der Waals surface area contributed by atoms with Gasteiger partial charge in [-0.3, -0.25) is 0 Å². The zero-order valence-corrected chi connectivity index (χ0v) is 15.8. The summed E-state index contributed by atoms with van der Waals surface area (Å²) in [6, 6.07) is 19.8. The molecule has 0 spiro atoms. The molecule has 0 radical (unpaired) electrons. The Kier molecular flexibility index (Phi) is 5.27. The Hall–Kier alpha value is -3.30. The van der Waals surface area contributed by atoms with Gasteiger partial charge >= 0.3 is 0 Å². The van der Waals surface area contributed by atoms with E-state index in [0.717, 1.165) is 43.1 Å². The number of benzene rings is 2. The first-order valence-electron chi connectivity index (χ1n) is 9.34. The molecule has 0 bridgehead atoms. The summed E-state index contributed by atoms with van der Waals surface area (Å²) in [4.78, 5) is 8.74. The molecule has 0 atom stereocenters. The van der Waals surface area contributed by atoms with E-state index in [-0.39, 0.29) is 0 Å². The van der Waals surface area contributed by atoms with Crippen molar-refractivity contribution in [3.05, 3.63) is 65.9 Å². The first-order valence-corrected chi connectivity index (χ1v) is 9.34. The molecule has 0 amide bonds. The largest absolute Gasteiger partial charge is 0.489 e. The molecule has 0 unspecified atom stereocenters. The van der Waals surface area contributed by atoms with Crippen molar-refractivity contribution < 1.29 is 9.15 Å². The third-order valence-electron chi connectivity index (χ3n) is 4.86. The highest BCUT2D eigenvalue weighted by Crippen LogP contribution is 2.29. The van der Waals surface area contributed by atoms with E-state index in [1.54, 1.807) is 0 Å². The molecule has 142 valence electrons. The fourth-order valence-electron chi connectivity index (χ4n) is 3.17. The number of anilines is 1. The monoisotopic (exact) mass is 374 g/mol. The molecule has 6 heteroatoms. The van der Waals surface area contributed by atoms with Crippen molar-refractivity contribution in [1.29, 1.82) is 5.26 Å². The summed E-state index contributed by atoms with van der Waals surface area (Å²) >= 11 is 0. The number of aromatic nitrogens is 1. The highest BCUT2D eigenvalue weighted by molar-refractivity contribution is 5.60. The van der Waals surface area contributed by atoms with Gasteiger partial charge in [-0.05, 0) is 36.9 Å². The first kappa shape index (κ1) is 18.1. The minimum atomic E-state index is 0.337. The predicted octanol–water partition coefficient (Wildman–Crippen LogP) is 3.54. The van der Waals surface area contributed by atoms with Crippen LogP contribution in [0, 0.1) is 11.3 Å². The lowest BCUT2D eigenvalue weighted by atomic mass is 10.2. The Morgan fingerprint density at radius 2 is 1.75 bits per heavy atom. The van der Waals surface area contributed by atoms with Crippen molar-refractivity contribution in [1.82, 2.24) is 9.88 Å². The smallest absolute Gasteiger partial charge is 0.235 e. The van der Waals surface area contributed by atoms with Crippen LogP contribution in [-0.4, -0.2) is 43.1 Å². The molecule has 6 nitrogen and oxygen atoms in total. The highest BCUT2D eigenvalue weighted by Gasteiger charge is 2.23. The molecule has 0 N–H and O–H groups in total. The van der Waals surface area contributed by atoms with Crippen LogP contribution >= 0.6 is 0 Å². The molecule has 1 saturated heterocycles. The number of piperazine rings is 1. The van der Waals surface area contributed by atoms with Gasteiger partial charge in [-0.2, -0.15) is 10.2 Å². The van der Waals surface area contributed by atoms with Crippen LogP contribution in [0.3, 0.4) is 0 Å². The normalized spacial score (nSPS) is 14.6. The van der Waals surface area contributed by atoms with Gasteiger partial charge in [-0.1, -0.05) is 30.3 Å². The molecule has 0 aliphatic carbocycles. The van der Waals surface area contributed by atoms with Gasteiger partial charge in [-0.25, -0.2) is 0 Å².